The second-order valence-corrected chi connectivity index (χ2v) is 5.56. The predicted molar refractivity (Wildman–Crippen MR) is 77.6 cm³/mol. The normalized spacial score (nSPS) is 22.2. The van der Waals surface area contributed by atoms with Gasteiger partial charge in [0.05, 0.1) is 12.1 Å². The van der Waals surface area contributed by atoms with Gasteiger partial charge in [-0.25, -0.2) is 0 Å². The Morgan fingerprint density at radius 2 is 1.90 bits per heavy atom. The number of nitrogens with one attached hydrogen (secondary N) is 1. The van der Waals surface area contributed by atoms with E-state index >= 15 is 0 Å². The van der Waals surface area contributed by atoms with E-state index in [0.717, 1.165) is 16.7 Å². The molecular formula is C16H17N3O2. The monoisotopic (exact) mass is 283 g/mol. The van der Waals surface area contributed by atoms with E-state index in [9.17, 15) is 9.59 Å². The minimum atomic E-state index is -0.354. The van der Waals surface area contributed by atoms with Crippen LogP contribution in [0.15, 0.2) is 36.7 Å². The minimum Gasteiger partial charge on any atom is -0.296 e. The molecular weight excluding hydrogens is 266 g/mol. The van der Waals surface area contributed by atoms with Crippen LogP contribution in [0.25, 0.3) is 0 Å². The minimum absolute atomic E-state index is 0.164. The molecule has 1 aliphatic heterocycles. The fraction of sp³-hybridized carbons (Fsp3) is 0.312. The number of rotatable bonds is 2. The highest BCUT2D eigenvalue weighted by Gasteiger charge is 2.38. The van der Waals surface area contributed by atoms with E-state index < -0.39 is 0 Å². The maximum Gasteiger partial charge on any atom is 0.234 e. The second kappa shape index (κ2) is 5.16. The van der Waals surface area contributed by atoms with Gasteiger partial charge < -0.3 is 0 Å². The summed E-state index contributed by atoms with van der Waals surface area (Å²) in [5, 5.41) is 6.60. The van der Waals surface area contributed by atoms with Crippen LogP contribution < -0.4 is 5.32 Å². The summed E-state index contributed by atoms with van der Waals surface area (Å²) in [7, 11) is 1.83. The lowest BCUT2D eigenvalue weighted by Gasteiger charge is -2.29. The number of carbonyl (C=O) groups excluding carboxylic acids is 2. The van der Waals surface area contributed by atoms with Gasteiger partial charge in [0.2, 0.25) is 11.8 Å². The van der Waals surface area contributed by atoms with E-state index in [-0.39, 0.29) is 23.7 Å². The van der Waals surface area contributed by atoms with Crippen LogP contribution in [0.4, 0.5) is 0 Å². The van der Waals surface area contributed by atoms with Crippen molar-refractivity contribution in [1.29, 1.82) is 0 Å². The molecule has 21 heavy (non-hydrogen) atoms. The second-order valence-electron chi connectivity index (χ2n) is 5.56. The zero-order valence-electron chi connectivity index (χ0n) is 12.0. The van der Waals surface area contributed by atoms with Crippen molar-refractivity contribution >= 4 is 11.8 Å². The molecule has 1 aromatic heterocycles. The molecule has 3 rings (SSSR count). The lowest BCUT2D eigenvalue weighted by molar-refractivity contribution is -0.135. The van der Waals surface area contributed by atoms with Crippen LogP contribution >= 0.6 is 0 Å². The van der Waals surface area contributed by atoms with Gasteiger partial charge in [-0.05, 0) is 18.1 Å². The Morgan fingerprint density at radius 1 is 1.19 bits per heavy atom. The van der Waals surface area contributed by atoms with Crippen LogP contribution in [0, 0.1) is 6.92 Å². The zero-order valence-corrected chi connectivity index (χ0v) is 12.0. The van der Waals surface area contributed by atoms with Gasteiger partial charge in [0.25, 0.3) is 0 Å². The molecule has 0 aliphatic carbocycles. The highest BCUT2D eigenvalue weighted by Crippen LogP contribution is 2.38. The Hall–Kier alpha value is -2.43. The summed E-state index contributed by atoms with van der Waals surface area (Å²) in [6.45, 7) is 2.01. The van der Waals surface area contributed by atoms with Gasteiger partial charge in [-0.1, -0.05) is 29.8 Å². The van der Waals surface area contributed by atoms with Crippen molar-refractivity contribution in [2.45, 2.75) is 25.2 Å². The van der Waals surface area contributed by atoms with E-state index in [2.05, 4.69) is 10.4 Å². The summed E-state index contributed by atoms with van der Waals surface area (Å²) < 4.78 is 1.69. The molecule has 108 valence electrons. The molecule has 5 heteroatoms. The summed E-state index contributed by atoms with van der Waals surface area (Å²) in [6, 6.07) is 7.89. The van der Waals surface area contributed by atoms with Crippen molar-refractivity contribution in [2.24, 2.45) is 7.05 Å². The number of amides is 2. The van der Waals surface area contributed by atoms with Crippen LogP contribution in [-0.4, -0.2) is 21.6 Å². The molecule has 5 nitrogen and oxygen atoms in total. The van der Waals surface area contributed by atoms with E-state index in [4.69, 9.17) is 0 Å². The molecule has 2 unspecified atom stereocenters. The molecule has 0 saturated carbocycles. The number of piperidine rings is 1. The number of nitrogens with zero attached hydrogens (tertiary/aromatic N) is 2. The SMILES string of the molecule is Cc1ccc(C2C(=O)NC(=O)CC2c2cnn(C)c2)cc1. The molecule has 0 radical (unpaired) electrons. The fourth-order valence-electron chi connectivity index (χ4n) is 2.87. The molecule has 2 amide bonds. The third kappa shape index (κ3) is 2.59. The summed E-state index contributed by atoms with van der Waals surface area (Å²) >= 11 is 0. The van der Waals surface area contributed by atoms with Crippen LogP contribution in [0.3, 0.4) is 0 Å². The average molecular weight is 283 g/mol. The topological polar surface area (TPSA) is 64.0 Å². The number of hydrogen-bond donors (Lipinski definition) is 1. The lowest BCUT2D eigenvalue weighted by Crippen LogP contribution is -2.43. The quantitative estimate of drug-likeness (QED) is 0.852. The first-order valence-electron chi connectivity index (χ1n) is 6.93. The van der Waals surface area contributed by atoms with Crippen molar-refractivity contribution in [3.63, 3.8) is 0 Å². The van der Waals surface area contributed by atoms with Crippen molar-refractivity contribution in [1.82, 2.24) is 15.1 Å². The van der Waals surface area contributed by atoms with E-state index in [1.807, 2.05) is 44.4 Å². The van der Waals surface area contributed by atoms with Crippen molar-refractivity contribution in [3.05, 3.63) is 53.3 Å². The fourth-order valence-corrected chi connectivity index (χ4v) is 2.87. The smallest absolute Gasteiger partial charge is 0.234 e. The van der Waals surface area contributed by atoms with Gasteiger partial charge >= 0.3 is 0 Å². The number of imide groups is 1. The van der Waals surface area contributed by atoms with Gasteiger partial charge in [0.15, 0.2) is 0 Å². The molecule has 1 saturated heterocycles. The van der Waals surface area contributed by atoms with Crippen LogP contribution in [0.2, 0.25) is 0 Å². The van der Waals surface area contributed by atoms with Crippen LogP contribution in [-0.2, 0) is 16.6 Å². The molecule has 1 N–H and O–H groups in total. The van der Waals surface area contributed by atoms with Crippen molar-refractivity contribution in [2.75, 3.05) is 0 Å². The van der Waals surface area contributed by atoms with Crippen molar-refractivity contribution in [3.8, 4) is 0 Å². The molecule has 2 aromatic rings. The van der Waals surface area contributed by atoms with Gasteiger partial charge in [-0.15, -0.1) is 0 Å². The maximum absolute atomic E-state index is 12.3. The molecule has 0 spiro atoms. The Labute approximate surface area is 123 Å². The van der Waals surface area contributed by atoms with Gasteiger partial charge in [-0.2, -0.15) is 5.10 Å². The lowest BCUT2D eigenvalue weighted by atomic mass is 9.77. The number of carbonyl (C=O) groups is 2. The van der Waals surface area contributed by atoms with Gasteiger partial charge in [0.1, 0.15) is 0 Å². The molecule has 2 atom stereocenters. The van der Waals surface area contributed by atoms with Crippen LogP contribution in [0.1, 0.15) is 34.9 Å². The average Bonchev–Trinajstić information content (AvgIpc) is 2.86. The standard InChI is InChI=1S/C16H17N3O2/c1-10-3-5-11(6-4-10)15-13(7-14(20)18-16(15)21)12-8-17-19(2)9-12/h3-6,8-9,13,15H,7H2,1-2H3,(H,18,20,21). The van der Waals surface area contributed by atoms with E-state index in [1.165, 1.54) is 0 Å². The highest BCUT2D eigenvalue weighted by atomic mass is 16.2. The summed E-state index contributed by atoms with van der Waals surface area (Å²) in [5.74, 6) is -0.976. The first-order chi connectivity index (χ1) is 10.0. The Balaban J connectivity index is 2.02. The first-order valence-corrected chi connectivity index (χ1v) is 6.93. The zero-order chi connectivity index (χ0) is 15.0. The maximum atomic E-state index is 12.3. The largest absolute Gasteiger partial charge is 0.296 e. The molecule has 2 heterocycles. The van der Waals surface area contributed by atoms with Gasteiger partial charge in [-0.3, -0.25) is 19.6 Å². The molecule has 1 fully saturated rings. The third-order valence-corrected chi connectivity index (χ3v) is 3.94. The summed E-state index contributed by atoms with van der Waals surface area (Å²) in [6.07, 6.45) is 3.91. The van der Waals surface area contributed by atoms with E-state index in [0.29, 0.717) is 6.42 Å². The van der Waals surface area contributed by atoms with Crippen LogP contribution in [0.5, 0.6) is 0 Å². The van der Waals surface area contributed by atoms with E-state index in [1.54, 1.807) is 10.9 Å². The number of hydrogen-bond acceptors (Lipinski definition) is 3. The highest BCUT2D eigenvalue weighted by molar-refractivity contribution is 6.02. The summed E-state index contributed by atoms with van der Waals surface area (Å²) in [5.41, 5.74) is 3.00. The van der Waals surface area contributed by atoms with Crippen molar-refractivity contribution < 1.29 is 9.59 Å². The molecule has 1 aliphatic rings. The number of benzene rings is 1. The third-order valence-electron chi connectivity index (χ3n) is 3.94. The Bertz CT molecular complexity index is 688. The Kier molecular flexibility index (Phi) is 3.33. The number of aromatic nitrogens is 2. The Morgan fingerprint density at radius 3 is 2.52 bits per heavy atom. The first kappa shape index (κ1) is 13.5. The predicted octanol–water partition coefficient (Wildman–Crippen LogP) is 1.64. The van der Waals surface area contributed by atoms with Gasteiger partial charge in [0, 0.05) is 25.6 Å². The molecule has 0 bridgehead atoms. The summed E-state index contributed by atoms with van der Waals surface area (Å²) in [4.78, 5) is 24.1. The number of aryl methyl sites for hydroxylation is 2. The molecule has 1 aromatic carbocycles.